The zero-order chi connectivity index (χ0) is 29.0. The van der Waals surface area contributed by atoms with E-state index >= 15 is 0 Å². The molecule has 0 amide bonds. The quantitative estimate of drug-likeness (QED) is 0.186. The van der Waals surface area contributed by atoms with E-state index < -0.39 is 0 Å². The van der Waals surface area contributed by atoms with Crippen molar-refractivity contribution in [3.63, 3.8) is 0 Å². The summed E-state index contributed by atoms with van der Waals surface area (Å²) in [7, 11) is 0. The minimum atomic E-state index is 0.0592. The molecule has 3 aliphatic rings. The Balaban J connectivity index is 1.04. The molecule has 218 valence electrons. The average Bonchev–Trinajstić information content (AvgIpc) is 3.66. The molecular formula is C39H35N3S2. The van der Waals surface area contributed by atoms with Crippen LogP contribution in [0, 0.1) is 5.92 Å². The summed E-state index contributed by atoms with van der Waals surface area (Å²) in [6, 6.07) is 44.7. The van der Waals surface area contributed by atoms with Crippen molar-refractivity contribution in [3.05, 3.63) is 138 Å². The Kier molecular flexibility index (Phi) is 6.83. The Morgan fingerprint density at radius 3 is 2.11 bits per heavy atom. The standard InChI is InChI=1S/C39H35N3S2/c1-3-9-24(10-4-1)26-15-18-30-31-19-16-28(23-36(31)44-35(30)22-26)39-41-37(25-11-5-2-6-12-25)40-38(42-39)27-17-20-34-32(21-27)29-13-7-8-14-33(29)43-34/h1-16,18-19,22-23,27,32,34,37-42H,17,20-21H2. The summed E-state index contributed by atoms with van der Waals surface area (Å²) in [5.74, 6) is 1.22. The molecule has 1 aliphatic carbocycles. The van der Waals surface area contributed by atoms with Crippen molar-refractivity contribution in [2.24, 2.45) is 5.92 Å². The zero-order valence-corrected chi connectivity index (χ0v) is 26.1. The smallest absolute Gasteiger partial charge is 0.0862 e. The lowest BCUT2D eigenvalue weighted by atomic mass is 9.76. The normalized spacial score (nSPS) is 26.5. The third kappa shape index (κ3) is 4.79. The highest BCUT2D eigenvalue weighted by Gasteiger charge is 2.42. The van der Waals surface area contributed by atoms with Crippen LogP contribution in [0.5, 0.6) is 0 Å². The molecule has 6 unspecified atom stereocenters. The SMILES string of the molecule is c1ccc(-c2ccc3c(c2)sc2cc(C4NC(c5ccccc5)NC(C5CCC6Sc7ccccc7C6C5)N4)ccc23)cc1. The number of thioether (sulfide) groups is 1. The first-order valence-electron chi connectivity index (χ1n) is 15.9. The maximum Gasteiger partial charge on any atom is 0.0862 e. The number of thiophene rings is 1. The van der Waals surface area contributed by atoms with Gasteiger partial charge in [0, 0.05) is 30.3 Å². The molecule has 9 rings (SSSR count). The first-order chi connectivity index (χ1) is 21.8. The highest BCUT2D eigenvalue weighted by molar-refractivity contribution is 8.00. The van der Waals surface area contributed by atoms with Gasteiger partial charge in [0.1, 0.15) is 0 Å². The van der Waals surface area contributed by atoms with Crippen LogP contribution in [0.25, 0.3) is 31.3 Å². The molecule has 3 heterocycles. The Labute approximate surface area is 267 Å². The van der Waals surface area contributed by atoms with E-state index in [0.29, 0.717) is 11.8 Å². The van der Waals surface area contributed by atoms with Crippen LogP contribution in [-0.2, 0) is 0 Å². The molecule has 5 heteroatoms. The molecule has 2 aliphatic heterocycles. The Morgan fingerprint density at radius 2 is 1.27 bits per heavy atom. The first kappa shape index (κ1) is 26.9. The van der Waals surface area contributed by atoms with Crippen LogP contribution >= 0.6 is 23.1 Å². The number of nitrogens with one attached hydrogen (secondary N) is 3. The highest BCUT2D eigenvalue weighted by atomic mass is 32.2. The molecule has 6 aromatic rings. The van der Waals surface area contributed by atoms with Gasteiger partial charge in [-0.05, 0) is 77.1 Å². The molecule has 2 fully saturated rings. The van der Waals surface area contributed by atoms with Crippen molar-refractivity contribution >= 4 is 43.3 Å². The van der Waals surface area contributed by atoms with Crippen LogP contribution in [0.1, 0.15) is 54.2 Å². The molecule has 6 atom stereocenters. The van der Waals surface area contributed by atoms with Gasteiger partial charge in [-0.15, -0.1) is 23.1 Å². The van der Waals surface area contributed by atoms with E-state index in [0.717, 1.165) is 5.25 Å². The predicted octanol–water partition coefficient (Wildman–Crippen LogP) is 9.59. The van der Waals surface area contributed by atoms with Crippen LogP contribution in [-0.4, -0.2) is 11.4 Å². The van der Waals surface area contributed by atoms with Crippen molar-refractivity contribution in [1.29, 1.82) is 0 Å². The van der Waals surface area contributed by atoms with E-state index in [2.05, 4.69) is 149 Å². The zero-order valence-electron chi connectivity index (χ0n) is 24.4. The molecule has 0 radical (unpaired) electrons. The molecule has 3 nitrogen and oxygen atoms in total. The van der Waals surface area contributed by atoms with Crippen LogP contribution in [0.4, 0.5) is 0 Å². The number of hydrogen-bond acceptors (Lipinski definition) is 5. The van der Waals surface area contributed by atoms with Gasteiger partial charge in [-0.2, -0.15) is 0 Å². The summed E-state index contributed by atoms with van der Waals surface area (Å²) in [6.07, 6.45) is 4.14. The summed E-state index contributed by atoms with van der Waals surface area (Å²) in [5, 5.41) is 15.4. The predicted molar refractivity (Wildman–Crippen MR) is 186 cm³/mol. The van der Waals surface area contributed by atoms with E-state index in [1.807, 2.05) is 11.3 Å². The Hall–Kier alpha value is -3.45. The Morgan fingerprint density at radius 1 is 0.568 bits per heavy atom. The average molecular weight is 610 g/mol. The molecule has 3 N–H and O–H groups in total. The summed E-state index contributed by atoms with van der Waals surface area (Å²) in [6.45, 7) is 0. The maximum absolute atomic E-state index is 4.05. The summed E-state index contributed by atoms with van der Waals surface area (Å²) >= 11 is 4.02. The lowest BCUT2D eigenvalue weighted by molar-refractivity contribution is 0.127. The van der Waals surface area contributed by atoms with Crippen molar-refractivity contribution in [3.8, 4) is 11.1 Å². The summed E-state index contributed by atoms with van der Waals surface area (Å²) < 4.78 is 2.69. The largest absolute Gasteiger partial charge is 0.282 e. The molecular weight excluding hydrogens is 575 g/mol. The van der Waals surface area contributed by atoms with E-state index in [4.69, 9.17) is 0 Å². The van der Waals surface area contributed by atoms with Gasteiger partial charge >= 0.3 is 0 Å². The van der Waals surface area contributed by atoms with Gasteiger partial charge in [-0.3, -0.25) is 16.0 Å². The number of hydrogen-bond donors (Lipinski definition) is 3. The third-order valence-corrected chi connectivity index (χ3v) is 12.6. The second-order valence-corrected chi connectivity index (χ2v) is 14.9. The molecule has 5 aromatic carbocycles. The molecule has 1 aromatic heterocycles. The fourth-order valence-corrected chi connectivity index (χ4v) is 10.5. The van der Waals surface area contributed by atoms with Crippen molar-refractivity contribution in [2.75, 3.05) is 0 Å². The van der Waals surface area contributed by atoms with E-state index in [9.17, 15) is 0 Å². The van der Waals surface area contributed by atoms with Gasteiger partial charge in [0.05, 0.1) is 18.5 Å². The lowest BCUT2D eigenvalue weighted by Gasteiger charge is -2.45. The minimum absolute atomic E-state index is 0.0592. The second kappa shape index (κ2) is 11.2. The van der Waals surface area contributed by atoms with Crippen LogP contribution in [0.2, 0.25) is 0 Å². The van der Waals surface area contributed by atoms with Gasteiger partial charge in [0.15, 0.2) is 0 Å². The monoisotopic (exact) mass is 609 g/mol. The van der Waals surface area contributed by atoms with Crippen molar-refractivity contribution < 1.29 is 0 Å². The first-order valence-corrected chi connectivity index (χ1v) is 17.6. The summed E-state index contributed by atoms with van der Waals surface area (Å²) in [5.41, 5.74) is 6.70. The molecule has 0 spiro atoms. The van der Waals surface area contributed by atoms with Gasteiger partial charge < -0.3 is 0 Å². The van der Waals surface area contributed by atoms with Crippen molar-refractivity contribution in [2.45, 2.75) is 53.8 Å². The van der Waals surface area contributed by atoms with Gasteiger partial charge in [0.2, 0.25) is 0 Å². The number of rotatable bonds is 4. The number of benzene rings is 5. The third-order valence-electron chi connectivity index (χ3n) is 9.99. The topological polar surface area (TPSA) is 36.1 Å². The van der Waals surface area contributed by atoms with Gasteiger partial charge in [0.25, 0.3) is 0 Å². The fourth-order valence-electron chi connectivity index (χ4n) is 7.76. The van der Waals surface area contributed by atoms with Crippen LogP contribution in [0.3, 0.4) is 0 Å². The second-order valence-electron chi connectivity index (χ2n) is 12.6. The van der Waals surface area contributed by atoms with Gasteiger partial charge in [-0.1, -0.05) is 103 Å². The van der Waals surface area contributed by atoms with E-state index in [1.54, 1.807) is 5.56 Å². The molecule has 0 bridgehead atoms. The lowest BCUT2D eigenvalue weighted by Crippen LogP contribution is -2.62. The van der Waals surface area contributed by atoms with Crippen LogP contribution < -0.4 is 16.0 Å². The van der Waals surface area contributed by atoms with E-state index in [-0.39, 0.29) is 18.5 Å². The van der Waals surface area contributed by atoms with Gasteiger partial charge in [-0.25, -0.2) is 0 Å². The van der Waals surface area contributed by atoms with Crippen molar-refractivity contribution in [1.82, 2.24) is 16.0 Å². The molecule has 1 saturated heterocycles. The molecule has 44 heavy (non-hydrogen) atoms. The Bertz CT molecular complexity index is 1950. The minimum Gasteiger partial charge on any atom is -0.282 e. The maximum atomic E-state index is 4.05. The summed E-state index contributed by atoms with van der Waals surface area (Å²) in [4.78, 5) is 1.50. The van der Waals surface area contributed by atoms with Crippen LogP contribution in [0.15, 0.2) is 126 Å². The molecule has 1 saturated carbocycles. The fraction of sp³-hybridized carbons (Fsp3) is 0.231. The number of fused-ring (bicyclic) bond motifs is 6. The van der Waals surface area contributed by atoms with E-state index in [1.165, 1.54) is 66.6 Å². The highest BCUT2D eigenvalue weighted by Crippen LogP contribution is 2.53.